The second-order valence-corrected chi connectivity index (χ2v) is 8.85. The van der Waals surface area contributed by atoms with Gasteiger partial charge in [0.2, 0.25) is 11.8 Å². The highest BCUT2D eigenvalue weighted by atomic mass is 16.5. The fraction of sp³-hybridized carbons (Fsp3) is 0.462. The van der Waals surface area contributed by atoms with Crippen LogP contribution in [0.2, 0.25) is 0 Å². The molecule has 1 aliphatic carbocycles. The molecular weight excluding hydrogens is 446 g/mol. The highest BCUT2D eigenvalue weighted by molar-refractivity contribution is 5.87. The largest absolute Gasteiger partial charge is 0.497 e. The molecule has 1 aliphatic heterocycles. The maximum atomic E-state index is 13.0. The fourth-order valence-corrected chi connectivity index (χ4v) is 4.28. The van der Waals surface area contributed by atoms with Crippen molar-refractivity contribution >= 4 is 17.6 Å². The Hall–Kier alpha value is -3.62. The second kappa shape index (κ2) is 11.2. The Labute approximate surface area is 206 Å². The summed E-state index contributed by atoms with van der Waals surface area (Å²) >= 11 is 0. The highest BCUT2D eigenvalue weighted by Crippen LogP contribution is 2.32. The van der Waals surface area contributed by atoms with Gasteiger partial charge >= 0.3 is 0 Å². The molecule has 2 heterocycles. The molecule has 2 aromatic rings. The van der Waals surface area contributed by atoms with E-state index in [1.165, 1.54) is 0 Å². The number of hydrogen-bond acceptors (Lipinski definition) is 7. The SMILES string of the molecule is C=CCN(CC(=O)N1CCCN(c2ccc(-c3ccc(OC)cc3OC)nn2)CC1)C(=O)C1CC1. The lowest BCUT2D eigenvalue weighted by Gasteiger charge is -2.26. The van der Waals surface area contributed by atoms with Gasteiger partial charge in [-0.1, -0.05) is 6.08 Å². The van der Waals surface area contributed by atoms with Crippen molar-refractivity contribution in [2.75, 3.05) is 58.4 Å². The van der Waals surface area contributed by atoms with E-state index in [1.807, 2.05) is 35.2 Å². The maximum Gasteiger partial charge on any atom is 0.242 e. The van der Waals surface area contributed by atoms with Crippen molar-refractivity contribution in [2.45, 2.75) is 19.3 Å². The second-order valence-electron chi connectivity index (χ2n) is 8.85. The number of carbonyl (C=O) groups excluding carboxylic acids is 2. The van der Waals surface area contributed by atoms with Gasteiger partial charge in [0, 0.05) is 50.3 Å². The average Bonchev–Trinajstić information content (AvgIpc) is 3.75. The summed E-state index contributed by atoms with van der Waals surface area (Å²) in [6.07, 6.45) is 4.34. The number of nitrogens with zero attached hydrogens (tertiary/aromatic N) is 5. The van der Waals surface area contributed by atoms with Gasteiger partial charge in [-0.05, 0) is 43.5 Å². The van der Waals surface area contributed by atoms with Gasteiger partial charge in [0.25, 0.3) is 0 Å². The Bertz CT molecular complexity index is 1050. The predicted molar refractivity (Wildman–Crippen MR) is 133 cm³/mol. The highest BCUT2D eigenvalue weighted by Gasteiger charge is 2.34. The smallest absolute Gasteiger partial charge is 0.242 e. The molecule has 0 unspecified atom stereocenters. The van der Waals surface area contributed by atoms with E-state index in [9.17, 15) is 9.59 Å². The molecule has 9 heteroatoms. The van der Waals surface area contributed by atoms with Crippen LogP contribution in [-0.2, 0) is 9.59 Å². The van der Waals surface area contributed by atoms with E-state index in [0.717, 1.165) is 37.2 Å². The molecule has 1 saturated carbocycles. The first kappa shape index (κ1) is 24.5. The minimum Gasteiger partial charge on any atom is -0.497 e. The zero-order valence-electron chi connectivity index (χ0n) is 20.5. The van der Waals surface area contributed by atoms with E-state index in [4.69, 9.17) is 9.47 Å². The summed E-state index contributed by atoms with van der Waals surface area (Å²) in [5, 5.41) is 8.88. The van der Waals surface area contributed by atoms with Crippen LogP contribution in [-0.4, -0.2) is 85.3 Å². The quantitative estimate of drug-likeness (QED) is 0.511. The summed E-state index contributed by atoms with van der Waals surface area (Å²) in [5.41, 5.74) is 1.55. The Morgan fingerprint density at radius 2 is 1.91 bits per heavy atom. The fourth-order valence-electron chi connectivity index (χ4n) is 4.28. The first-order valence-electron chi connectivity index (χ1n) is 12.0. The molecule has 1 aromatic heterocycles. The molecule has 35 heavy (non-hydrogen) atoms. The van der Waals surface area contributed by atoms with Gasteiger partial charge in [-0.25, -0.2) is 0 Å². The lowest BCUT2D eigenvalue weighted by atomic mass is 10.1. The van der Waals surface area contributed by atoms with Gasteiger partial charge in [-0.15, -0.1) is 16.8 Å². The maximum absolute atomic E-state index is 13.0. The first-order valence-corrected chi connectivity index (χ1v) is 12.0. The summed E-state index contributed by atoms with van der Waals surface area (Å²) in [6, 6.07) is 9.46. The van der Waals surface area contributed by atoms with Crippen molar-refractivity contribution in [3.63, 3.8) is 0 Å². The van der Waals surface area contributed by atoms with Gasteiger partial charge in [-0.2, -0.15) is 0 Å². The van der Waals surface area contributed by atoms with Gasteiger partial charge in [0.15, 0.2) is 5.82 Å². The minimum absolute atomic E-state index is 0.0178. The summed E-state index contributed by atoms with van der Waals surface area (Å²) in [7, 11) is 3.23. The van der Waals surface area contributed by atoms with Crippen LogP contribution >= 0.6 is 0 Å². The Morgan fingerprint density at radius 1 is 1.09 bits per heavy atom. The normalized spacial score (nSPS) is 15.8. The van der Waals surface area contributed by atoms with E-state index in [0.29, 0.717) is 43.4 Å². The van der Waals surface area contributed by atoms with E-state index in [2.05, 4.69) is 21.7 Å². The van der Waals surface area contributed by atoms with Crippen LogP contribution in [0.4, 0.5) is 5.82 Å². The van der Waals surface area contributed by atoms with Crippen molar-refractivity contribution in [2.24, 2.45) is 5.92 Å². The van der Waals surface area contributed by atoms with Crippen LogP contribution in [0.1, 0.15) is 19.3 Å². The molecule has 0 radical (unpaired) electrons. The Morgan fingerprint density at radius 3 is 2.57 bits per heavy atom. The van der Waals surface area contributed by atoms with Crippen molar-refractivity contribution < 1.29 is 19.1 Å². The Kier molecular flexibility index (Phi) is 7.84. The molecule has 9 nitrogen and oxygen atoms in total. The molecule has 1 aromatic carbocycles. The zero-order valence-corrected chi connectivity index (χ0v) is 20.5. The van der Waals surface area contributed by atoms with Crippen molar-refractivity contribution in [3.8, 4) is 22.8 Å². The van der Waals surface area contributed by atoms with Crippen molar-refractivity contribution in [3.05, 3.63) is 43.0 Å². The number of benzene rings is 1. The van der Waals surface area contributed by atoms with Crippen LogP contribution in [0.25, 0.3) is 11.3 Å². The van der Waals surface area contributed by atoms with E-state index >= 15 is 0 Å². The number of rotatable bonds is 9. The van der Waals surface area contributed by atoms with Crippen LogP contribution in [0.5, 0.6) is 11.5 Å². The van der Waals surface area contributed by atoms with E-state index < -0.39 is 0 Å². The number of carbonyl (C=O) groups is 2. The molecule has 2 amide bonds. The van der Waals surface area contributed by atoms with Crippen LogP contribution in [0.15, 0.2) is 43.0 Å². The molecule has 0 bridgehead atoms. The number of hydrogen-bond donors (Lipinski definition) is 0. The molecule has 4 rings (SSSR count). The van der Waals surface area contributed by atoms with Crippen molar-refractivity contribution in [1.82, 2.24) is 20.0 Å². The third-order valence-electron chi connectivity index (χ3n) is 6.42. The first-order chi connectivity index (χ1) is 17.0. The topological polar surface area (TPSA) is 88.1 Å². The van der Waals surface area contributed by atoms with E-state index in [1.54, 1.807) is 25.2 Å². The lowest BCUT2D eigenvalue weighted by Crippen LogP contribution is -2.44. The van der Waals surface area contributed by atoms with Crippen molar-refractivity contribution in [1.29, 1.82) is 0 Å². The summed E-state index contributed by atoms with van der Waals surface area (Å²) in [5.74, 6) is 2.29. The standard InChI is InChI=1S/C26H33N5O4/c1-4-12-31(26(33)19-6-7-19)18-25(32)30-14-5-13-29(15-16-30)24-11-10-22(27-28-24)21-9-8-20(34-2)17-23(21)35-3/h4,8-11,17,19H,1,5-7,12-16,18H2,2-3H3. The van der Waals surface area contributed by atoms with Crippen LogP contribution in [0, 0.1) is 5.92 Å². The molecule has 0 atom stereocenters. The number of aromatic nitrogens is 2. The molecule has 2 fully saturated rings. The number of amides is 2. The van der Waals surface area contributed by atoms with Gasteiger partial charge in [0.05, 0.1) is 19.9 Å². The van der Waals surface area contributed by atoms with Gasteiger partial charge in [0.1, 0.15) is 18.0 Å². The summed E-state index contributed by atoms with van der Waals surface area (Å²) < 4.78 is 10.8. The molecule has 1 saturated heterocycles. The average molecular weight is 480 g/mol. The Balaban J connectivity index is 1.38. The molecule has 0 N–H and O–H groups in total. The number of methoxy groups -OCH3 is 2. The predicted octanol–water partition coefficient (Wildman–Crippen LogP) is 2.62. The van der Waals surface area contributed by atoms with Gasteiger partial charge in [-0.3, -0.25) is 9.59 Å². The summed E-state index contributed by atoms with van der Waals surface area (Å²) in [6.45, 7) is 6.92. The third kappa shape index (κ3) is 5.90. The van der Waals surface area contributed by atoms with Crippen LogP contribution < -0.4 is 14.4 Å². The molecule has 186 valence electrons. The lowest BCUT2D eigenvalue weighted by molar-refractivity contribution is -0.140. The molecular formula is C26H33N5O4. The van der Waals surface area contributed by atoms with Gasteiger partial charge < -0.3 is 24.2 Å². The van der Waals surface area contributed by atoms with Crippen LogP contribution in [0.3, 0.4) is 0 Å². The number of anilines is 1. The molecule has 0 spiro atoms. The third-order valence-corrected chi connectivity index (χ3v) is 6.42. The number of ether oxygens (including phenoxy) is 2. The molecule has 2 aliphatic rings. The minimum atomic E-state index is -0.0178. The summed E-state index contributed by atoms with van der Waals surface area (Å²) in [4.78, 5) is 31.1. The zero-order chi connectivity index (χ0) is 24.8. The monoisotopic (exact) mass is 479 g/mol. The van der Waals surface area contributed by atoms with E-state index in [-0.39, 0.29) is 24.3 Å².